The molecule has 0 amide bonds. The Balaban J connectivity index is 1.62. The van der Waals surface area contributed by atoms with E-state index in [1.54, 1.807) is 6.33 Å². The molecule has 20 heavy (non-hydrogen) atoms. The standard InChI is InChI=1S/C14H18N6/c15-12-4-3-11-13(18-12)16-9-17-14(11)20-7-5-19(6-8-20)10-1-2-10/h3-4,9-10H,1-2,5-8H2,(H2,15,16,17,18). The SMILES string of the molecule is Nc1ccc2c(N3CCN(C4CC4)CC3)ncnc2n1. The largest absolute Gasteiger partial charge is 0.384 e. The number of hydrogen-bond acceptors (Lipinski definition) is 6. The molecule has 6 nitrogen and oxygen atoms in total. The Hall–Kier alpha value is -1.95. The fourth-order valence-electron chi connectivity index (χ4n) is 2.93. The van der Waals surface area contributed by atoms with E-state index in [0.29, 0.717) is 11.5 Å². The van der Waals surface area contributed by atoms with Crippen LogP contribution in [0.25, 0.3) is 11.0 Å². The lowest BCUT2D eigenvalue weighted by Gasteiger charge is -2.35. The molecule has 3 heterocycles. The first-order valence-electron chi connectivity index (χ1n) is 7.17. The van der Waals surface area contributed by atoms with E-state index in [0.717, 1.165) is 43.4 Å². The summed E-state index contributed by atoms with van der Waals surface area (Å²) in [5.41, 5.74) is 6.40. The smallest absolute Gasteiger partial charge is 0.166 e. The molecule has 0 radical (unpaired) electrons. The molecule has 1 aliphatic heterocycles. The second-order valence-electron chi connectivity index (χ2n) is 5.56. The van der Waals surface area contributed by atoms with Crippen LogP contribution >= 0.6 is 0 Å². The third-order valence-corrected chi connectivity index (χ3v) is 4.17. The summed E-state index contributed by atoms with van der Waals surface area (Å²) >= 11 is 0. The van der Waals surface area contributed by atoms with Crippen LogP contribution in [0.4, 0.5) is 11.6 Å². The molecule has 1 saturated heterocycles. The fraction of sp³-hybridized carbons (Fsp3) is 0.500. The van der Waals surface area contributed by atoms with Gasteiger partial charge in [0.1, 0.15) is 18.0 Å². The van der Waals surface area contributed by atoms with Gasteiger partial charge in [-0.25, -0.2) is 15.0 Å². The molecule has 6 heteroatoms. The number of hydrogen-bond donors (Lipinski definition) is 1. The Bertz CT molecular complexity index is 631. The molecule has 2 aromatic heterocycles. The van der Waals surface area contributed by atoms with Gasteiger partial charge in [-0.2, -0.15) is 0 Å². The maximum Gasteiger partial charge on any atom is 0.166 e. The van der Waals surface area contributed by atoms with Crippen molar-refractivity contribution in [3.8, 4) is 0 Å². The lowest BCUT2D eigenvalue weighted by Crippen LogP contribution is -2.47. The third-order valence-electron chi connectivity index (χ3n) is 4.17. The third kappa shape index (κ3) is 2.06. The average Bonchev–Trinajstić information content (AvgIpc) is 3.31. The summed E-state index contributed by atoms with van der Waals surface area (Å²) in [6.45, 7) is 4.29. The van der Waals surface area contributed by atoms with Crippen molar-refractivity contribution in [3.63, 3.8) is 0 Å². The zero-order valence-electron chi connectivity index (χ0n) is 11.4. The zero-order valence-corrected chi connectivity index (χ0v) is 11.4. The van der Waals surface area contributed by atoms with E-state index in [1.807, 2.05) is 12.1 Å². The van der Waals surface area contributed by atoms with Crippen molar-refractivity contribution in [3.05, 3.63) is 18.5 Å². The molecular weight excluding hydrogens is 252 g/mol. The first-order valence-corrected chi connectivity index (χ1v) is 7.17. The molecule has 1 saturated carbocycles. The number of nitrogens with two attached hydrogens (primary N) is 1. The number of nitrogen functional groups attached to an aromatic ring is 1. The van der Waals surface area contributed by atoms with Crippen LogP contribution in [0.2, 0.25) is 0 Å². The summed E-state index contributed by atoms with van der Waals surface area (Å²) in [6.07, 6.45) is 4.33. The van der Waals surface area contributed by atoms with Crippen LogP contribution in [0, 0.1) is 0 Å². The molecule has 2 fully saturated rings. The van der Waals surface area contributed by atoms with Gasteiger partial charge in [-0.05, 0) is 25.0 Å². The predicted octanol–water partition coefficient (Wildman–Crippen LogP) is 0.891. The predicted molar refractivity (Wildman–Crippen MR) is 78.6 cm³/mol. The van der Waals surface area contributed by atoms with Crippen LogP contribution in [0.1, 0.15) is 12.8 Å². The number of fused-ring (bicyclic) bond motifs is 1. The van der Waals surface area contributed by atoms with Crippen LogP contribution in [0.15, 0.2) is 18.5 Å². The molecule has 0 spiro atoms. The molecule has 0 atom stereocenters. The Morgan fingerprint density at radius 3 is 2.60 bits per heavy atom. The average molecular weight is 270 g/mol. The minimum Gasteiger partial charge on any atom is -0.384 e. The van der Waals surface area contributed by atoms with Gasteiger partial charge in [0.25, 0.3) is 0 Å². The van der Waals surface area contributed by atoms with Crippen molar-refractivity contribution < 1.29 is 0 Å². The van der Waals surface area contributed by atoms with Gasteiger partial charge in [0, 0.05) is 32.2 Å². The van der Waals surface area contributed by atoms with Gasteiger partial charge in [0.05, 0.1) is 5.39 Å². The number of aromatic nitrogens is 3. The van der Waals surface area contributed by atoms with Crippen LogP contribution in [-0.4, -0.2) is 52.1 Å². The van der Waals surface area contributed by atoms with E-state index in [2.05, 4.69) is 24.8 Å². The Morgan fingerprint density at radius 2 is 1.85 bits per heavy atom. The van der Waals surface area contributed by atoms with Gasteiger partial charge >= 0.3 is 0 Å². The molecule has 1 aliphatic carbocycles. The molecule has 0 bridgehead atoms. The first-order chi connectivity index (χ1) is 9.81. The van der Waals surface area contributed by atoms with Crippen molar-refractivity contribution in [1.82, 2.24) is 19.9 Å². The Morgan fingerprint density at radius 1 is 1.05 bits per heavy atom. The summed E-state index contributed by atoms with van der Waals surface area (Å²) in [5, 5.41) is 0.988. The van der Waals surface area contributed by atoms with Crippen LogP contribution in [0.3, 0.4) is 0 Å². The van der Waals surface area contributed by atoms with Crippen LogP contribution < -0.4 is 10.6 Å². The van der Waals surface area contributed by atoms with Gasteiger partial charge in [0.15, 0.2) is 5.65 Å². The highest BCUT2D eigenvalue weighted by molar-refractivity contribution is 5.87. The molecule has 4 rings (SSSR count). The fourth-order valence-corrected chi connectivity index (χ4v) is 2.93. The summed E-state index contributed by atoms with van der Waals surface area (Å²) in [6, 6.07) is 4.64. The van der Waals surface area contributed by atoms with Gasteiger partial charge in [-0.15, -0.1) is 0 Å². The van der Waals surface area contributed by atoms with Gasteiger partial charge in [0.2, 0.25) is 0 Å². The van der Waals surface area contributed by atoms with Gasteiger partial charge in [-0.3, -0.25) is 4.90 Å². The maximum atomic E-state index is 5.72. The Kier molecular flexibility index (Phi) is 2.70. The van der Waals surface area contributed by atoms with E-state index in [1.165, 1.54) is 12.8 Å². The molecule has 2 N–H and O–H groups in total. The van der Waals surface area contributed by atoms with Crippen molar-refractivity contribution in [2.24, 2.45) is 0 Å². The topological polar surface area (TPSA) is 71.2 Å². The summed E-state index contributed by atoms with van der Waals surface area (Å²) in [7, 11) is 0. The van der Waals surface area contributed by atoms with E-state index in [4.69, 9.17) is 5.73 Å². The van der Waals surface area contributed by atoms with Crippen molar-refractivity contribution in [2.75, 3.05) is 36.8 Å². The highest BCUT2D eigenvalue weighted by Crippen LogP contribution is 2.29. The van der Waals surface area contributed by atoms with E-state index in [-0.39, 0.29) is 0 Å². The van der Waals surface area contributed by atoms with Crippen LogP contribution in [0.5, 0.6) is 0 Å². The van der Waals surface area contributed by atoms with E-state index >= 15 is 0 Å². The van der Waals surface area contributed by atoms with E-state index in [9.17, 15) is 0 Å². The highest BCUT2D eigenvalue weighted by Gasteiger charge is 2.31. The monoisotopic (exact) mass is 270 g/mol. The van der Waals surface area contributed by atoms with Crippen molar-refractivity contribution in [2.45, 2.75) is 18.9 Å². The summed E-state index contributed by atoms with van der Waals surface area (Å²) in [4.78, 5) is 17.9. The summed E-state index contributed by atoms with van der Waals surface area (Å²) < 4.78 is 0. The quantitative estimate of drug-likeness (QED) is 0.874. The van der Waals surface area contributed by atoms with Crippen LogP contribution in [-0.2, 0) is 0 Å². The molecule has 2 aliphatic rings. The second kappa shape index (κ2) is 4.56. The molecular formula is C14H18N6. The lowest BCUT2D eigenvalue weighted by molar-refractivity contribution is 0.248. The Labute approximate surface area is 117 Å². The van der Waals surface area contributed by atoms with E-state index < -0.39 is 0 Å². The summed E-state index contributed by atoms with van der Waals surface area (Å²) in [5.74, 6) is 1.48. The van der Waals surface area contributed by atoms with Gasteiger partial charge in [-0.1, -0.05) is 0 Å². The van der Waals surface area contributed by atoms with Gasteiger partial charge < -0.3 is 10.6 Å². The number of rotatable bonds is 2. The normalized spacial score (nSPS) is 20.5. The number of pyridine rings is 1. The second-order valence-corrected chi connectivity index (χ2v) is 5.56. The lowest BCUT2D eigenvalue weighted by atomic mass is 10.2. The molecule has 0 unspecified atom stereocenters. The number of anilines is 2. The minimum absolute atomic E-state index is 0.501. The highest BCUT2D eigenvalue weighted by atomic mass is 15.3. The zero-order chi connectivity index (χ0) is 13.5. The van der Waals surface area contributed by atoms with Crippen molar-refractivity contribution >= 4 is 22.7 Å². The minimum atomic E-state index is 0.501. The maximum absolute atomic E-state index is 5.72. The number of nitrogens with zero attached hydrogens (tertiary/aromatic N) is 5. The molecule has 0 aromatic carbocycles. The molecule has 2 aromatic rings. The first kappa shape index (κ1) is 11.8. The number of piperazine rings is 1. The van der Waals surface area contributed by atoms with Crippen molar-refractivity contribution in [1.29, 1.82) is 0 Å². The molecule has 104 valence electrons.